The highest BCUT2D eigenvalue weighted by Crippen LogP contribution is 2.34. The SMILES string of the molecule is COCC(=O)N[C@H]1CC[C@H](Nc2cc(-c3cnn4c3CCCC4)c(Cl)cn2)CC1. The highest BCUT2D eigenvalue weighted by atomic mass is 35.5. The molecule has 29 heavy (non-hydrogen) atoms. The van der Waals surface area contributed by atoms with Gasteiger partial charge >= 0.3 is 0 Å². The van der Waals surface area contributed by atoms with E-state index >= 15 is 0 Å². The number of anilines is 1. The largest absolute Gasteiger partial charge is 0.375 e. The topological polar surface area (TPSA) is 81.1 Å². The number of nitrogens with zero attached hydrogens (tertiary/aromatic N) is 3. The van der Waals surface area contributed by atoms with Gasteiger partial charge in [0.1, 0.15) is 12.4 Å². The molecular formula is C21H28ClN5O2. The van der Waals surface area contributed by atoms with Gasteiger partial charge in [-0.25, -0.2) is 4.98 Å². The fraction of sp³-hybridized carbons (Fsp3) is 0.571. The summed E-state index contributed by atoms with van der Waals surface area (Å²) in [6.45, 7) is 1.10. The minimum atomic E-state index is -0.0440. The monoisotopic (exact) mass is 417 g/mol. The average Bonchev–Trinajstić information content (AvgIpc) is 3.15. The zero-order chi connectivity index (χ0) is 20.2. The van der Waals surface area contributed by atoms with E-state index in [0.29, 0.717) is 11.1 Å². The van der Waals surface area contributed by atoms with E-state index in [0.717, 1.165) is 55.6 Å². The average molecular weight is 418 g/mol. The molecule has 0 saturated heterocycles. The van der Waals surface area contributed by atoms with Gasteiger partial charge in [-0.05, 0) is 51.0 Å². The summed E-state index contributed by atoms with van der Waals surface area (Å²) < 4.78 is 6.98. The summed E-state index contributed by atoms with van der Waals surface area (Å²) in [6.07, 6.45) is 10.9. The Hall–Kier alpha value is -2.12. The number of aryl methyl sites for hydroxylation is 1. The Morgan fingerprint density at radius 2 is 2.00 bits per heavy atom. The van der Waals surface area contributed by atoms with E-state index in [-0.39, 0.29) is 18.6 Å². The van der Waals surface area contributed by atoms with Crippen LogP contribution in [-0.2, 0) is 22.5 Å². The molecule has 156 valence electrons. The molecule has 2 aromatic rings. The second-order valence-electron chi connectivity index (χ2n) is 7.93. The third-order valence-electron chi connectivity index (χ3n) is 5.85. The van der Waals surface area contributed by atoms with Crippen LogP contribution in [0.5, 0.6) is 0 Å². The number of aromatic nitrogens is 3. The lowest BCUT2D eigenvalue weighted by molar-refractivity contribution is -0.125. The van der Waals surface area contributed by atoms with Crippen molar-refractivity contribution in [2.75, 3.05) is 19.0 Å². The van der Waals surface area contributed by atoms with Crippen LogP contribution >= 0.6 is 11.6 Å². The van der Waals surface area contributed by atoms with Gasteiger partial charge < -0.3 is 15.4 Å². The van der Waals surface area contributed by atoms with E-state index in [4.69, 9.17) is 16.3 Å². The van der Waals surface area contributed by atoms with E-state index in [1.165, 1.54) is 25.6 Å². The lowest BCUT2D eigenvalue weighted by atomic mass is 9.91. The third kappa shape index (κ3) is 4.73. The van der Waals surface area contributed by atoms with Gasteiger partial charge in [-0.15, -0.1) is 0 Å². The Kier molecular flexibility index (Phi) is 6.35. The van der Waals surface area contributed by atoms with Gasteiger partial charge in [0.2, 0.25) is 5.91 Å². The lowest BCUT2D eigenvalue weighted by Crippen LogP contribution is -2.41. The molecule has 3 heterocycles. The molecule has 0 aromatic carbocycles. The van der Waals surface area contributed by atoms with E-state index < -0.39 is 0 Å². The fourth-order valence-corrected chi connectivity index (χ4v) is 4.57. The molecule has 1 amide bonds. The van der Waals surface area contributed by atoms with E-state index in [1.807, 2.05) is 12.3 Å². The summed E-state index contributed by atoms with van der Waals surface area (Å²) in [5, 5.41) is 11.8. The fourth-order valence-electron chi connectivity index (χ4n) is 4.36. The second-order valence-corrected chi connectivity index (χ2v) is 8.34. The first kappa shape index (κ1) is 20.2. The number of halogens is 1. The number of carbonyl (C=O) groups is 1. The van der Waals surface area contributed by atoms with Crippen molar-refractivity contribution in [3.63, 3.8) is 0 Å². The maximum Gasteiger partial charge on any atom is 0.246 e. The Labute approximate surface area is 176 Å². The van der Waals surface area contributed by atoms with Crippen molar-refractivity contribution in [2.24, 2.45) is 0 Å². The van der Waals surface area contributed by atoms with Gasteiger partial charge in [-0.1, -0.05) is 11.6 Å². The number of fused-ring (bicyclic) bond motifs is 1. The molecule has 0 radical (unpaired) electrons. The van der Waals surface area contributed by atoms with Crippen molar-refractivity contribution in [2.45, 2.75) is 63.6 Å². The van der Waals surface area contributed by atoms with Crippen molar-refractivity contribution in [3.05, 3.63) is 29.2 Å². The minimum Gasteiger partial charge on any atom is -0.375 e. The molecule has 0 atom stereocenters. The van der Waals surface area contributed by atoms with Crippen molar-refractivity contribution in [1.82, 2.24) is 20.1 Å². The van der Waals surface area contributed by atoms with Gasteiger partial charge in [-0.2, -0.15) is 5.10 Å². The van der Waals surface area contributed by atoms with Crippen LogP contribution in [0.2, 0.25) is 5.02 Å². The molecule has 2 aromatic heterocycles. The summed E-state index contributed by atoms with van der Waals surface area (Å²) in [4.78, 5) is 16.2. The maximum atomic E-state index is 11.7. The summed E-state index contributed by atoms with van der Waals surface area (Å²) in [6, 6.07) is 2.61. The van der Waals surface area contributed by atoms with Crippen LogP contribution < -0.4 is 10.6 Å². The number of carbonyl (C=O) groups excluding carboxylic acids is 1. The zero-order valence-electron chi connectivity index (χ0n) is 16.8. The van der Waals surface area contributed by atoms with Crippen LogP contribution in [-0.4, -0.2) is 46.5 Å². The molecule has 1 aliphatic carbocycles. The number of rotatable bonds is 6. The lowest BCUT2D eigenvalue weighted by Gasteiger charge is -2.30. The summed E-state index contributed by atoms with van der Waals surface area (Å²) in [5.41, 5.74) is 3.38. The van der Waals surface area contributed by atoms with Gasteiger partial charge in [0.25, 0.3) is 0 Å². The normalized spacial score (nSPS) is 21.4. The Bertz CT molecular complexity index is 861. The van der Waals surface area contributed by atoms with Crippen LogP contribution in [0.4, 0.5) is 5.82 Å². The number of ether oxygens (including phenoxy) is 1. The van der Waals surface area contributed by atoms with Gasteiger partial charge in [-0.3, -0.25) is 9.48 Å². The standard InChI is InChI=1S/C21H28ClN5O2/c1-29-13-21(28)26-15-7-5-14(6-8-15)25-20-10-16(18(22)12-23-20)17-11-24-27-9-3-2-4-19(17)27/h10-12,14-15H,2-9,13H2,1H3,(H,23,25)(H,26,28)/t14-,15-. The van der Waals surface area contributed by atoms with Crippen LogP contribution in [0.1, 0.15) is 44.2 Å². The van der Waals surface area contributed by atoms with Crippen LogP contribution in [0.25, 0.3) is 11.1 Å². The van der Waals surface area contributed by atoms with Gasteiger partial charge in [0.05, 0.1) is 11.2 Å². The second kappa shape index (κ2) is 9.13. The number of methoxy groups -OCH3 is 1. The molecule has 1 aliphatic heterocycles. The number of hydrogen-bond acceptors (Lipinski definition) is 5. The van der Waals surface area contributed by atoms with E-state index in [1.54, 1.807) is 6.20 Å². The molecule has 1 fully saturated rings. The summed E-state index contributed by atoms with van der Waals surface area (Å²) in [5.74, 6) is 0.796. The number of nitrogens with one attached hydrogen (secondary N) is 2. The van der Waals surface area contributed by atoms with Gasteiger partial charge in [0, 0.05) is 48.8 Å². The molecule has 7 nitrogen and oxygen atoms in total. The Morgan fingerprint density at radius 3 is 2.79 bits per heavy atom. The number of amides is 1. The maximum absolute atomic E-state index is 11.7. The van der Waals surface area contributed by atoms with Gasteiger partial charge in [0.15, 0.2) is 0 Å². The van der Waals surface area contributed by atoms with E-state index in [9.17, 15) is 4.79 Å². The van der Waals surface area contributed by atoms with Crippen LogP contribution in [0.3, 0.4) is 0 Å². The smallest absolute Gasteiger partial charge is 0.246 e. The molecule has 2 aliphatic rings. The highest BCUT2D eigenvalue weighted by Gasteiger charge is 2.23. The van der Waals surface area contributed by atoms with Crippen LogP contribution in [0, 0.1) is 0 Å². The molecule has 0 unspecified atom stereocenters. The molecular weight excluding hydrogens is 390 g/mol. The Morgan fingerprint density at radius 1 is 1.21 bits per heavy atom. The van der Waals surface area contributed by atoms with Crippen molar-refractivity contribution in [3.8, 4) is 11.1 Å². The quantitative estimate of drug-likeness (QED) is 0.752. The highest BCUT2D eigenvalue weighted by molar-refractivity contribution is 6.33. The molecule has 8 heteroatoms. The Balaban J connectivity index is 1.40. The molecule has 0 spiro atoms. The van der Waals surface area contributed by atoms with Crippen molar-refractivity contribution in [1.29, 1.82) is 0 Å². The summed E-state index contributed by atoms with van der Waals surface area (Å²) in [7, 11) is 1.54. The molecule has 2 N–H and O–H groups in total. The van der Waals surface area contributed by atoms with Crippen molar-refractivity contribution < 1.29 is 9.53 Å². The first-order valence-electron chi connectivity index (χ1n) is 10.4. The zero-order valence-corrected chi connectivity index (χ0v) is 17.5. The predicted molar refractivity (Wildman–Crippen MR) is 113 cm³/mol. The summed E-state index contributed by atoms with van der Waals surface area (Å²) >= 11 is 6.49. The molecule has 0 bridgehead atoms. The van der Waals surface area contributed by atoms with Crippen molar-refractivity contribution >= 4 is 23.3 Å². The minimum absolute atomic E-state index is 0.0440. The molecule has 1 saturated carbocycles. The third-order valence-corrected chi connectivity index (χ3v) is 6.15. The predicted octanol–water partition coefficient (Wildman–Crippen LogP) is 3.42. The van der Waals surface area contributed by atoms with Crippen LogP contribution in [0.15, 0.2) is 18.5 Å². The number of pyridine rings is 1. The van der Waals surface area contributed by atoms with E-state index in [2.05, 4.69) is 25.4 Å². The number of hydrogen-bond donors (Lipinski definition) is 2. The first-order chi connectivity index (χ1) is 14.1. The first-order valence-corrected chi connectivity index (χ1v) is 10.8. The molecule has 4 rings (SSSR count).